The Hall–Kier alpha value is -3.01. The lowest BCUT2D eigenvalue weighted by Crippen LogP contribution is -2.10. The van der Waals surface area contributed by atoms with Crippen LogP contribution in [0.5, 0.6) is 5.75 Å². The van der Waals surface area contributed by atoms with E-state index >= 15 is 0 Å². The van der Waals surface area contributed by atoms with E-state index in [1.165, 1.54) is 0 Å². The molecule has 4 heteroatoms. The van der Waals surface area contributed by atoms with E-state index < -0.39 is 0 Å². The fraction of sp³-hybridized carbons (Fsp3) is 0.0556. The Bertz CT molecular complexity index is 770. The van der Waals surface area contributed by atoms with Gasteiger partial charge in [-0.25, -0.2) is 0 Å². The van der Waals surface area contributed by atoms with E-state index in [1.54, 1.807) is 36.4 Å². The molecule has 0 atom stereocenters. The Morgan fingerprint density at radius 1 is 1.18 bits per heavy atom. The molecule has 0 aliphatic carbocycles. The minimum absolute atomic E-state index is 0.282. The lowest BCUT2D eigenvalue weighted by atomic mass is 10.2. The normalized spacial score (nSPS) is 10.4. The molecule has 1 heterocycles. The molecule has 0 aliphatic heterocycles. The van der Waals surface area contributed by atoms with Gasteiger partial charge in [0.25, 0.3) is 5.91 Å². The molecule has 0 spiro atoms. The number of nitrogens with one attached hydrogen (secondary N) is 1. The van der Waals surface area contributed by atoms with Gasteiger partial charge in [0.15, 0.2) is 5.76 Å². The molecule has 0 saturated carbocycles. The number of amides is 1. The average Bonchev–Trinajstić information content (AvgIpc) is 2.98. The molecule has 0 radical (unpaired) electrons. The van der Waals surface area contributed by atoms with Gasteiger partial charge >= 0.3 is 0 Å². The lowest BCUT2D eigenvalue weighted by molar-refractivity contribution is 0.0998. The first kappa shape index (κ1) is 13.9. The molecule has 2 aromatic carbocycles. The van der Waals surface area contributed by atoms with Crippen molar-refractivity contribution in [2.75, 3.05) is 11.9 Å². The van der Waals surface area contributed by atoms with Gasteiger partial charge < -0.3 is 14.5 Å². The molecular weight excluding hydrogens is 278 g/mol. The maximum absolute atomic E-state index is 12.2. The van der Waals surface area contributed by atoms with Crippen LogP contribution < -0.4 is 10.1 Å². The van der Waals surface area contributed by atoms with Crippen molar-refractivity contribution < 1.29 is 13.9 Å². The van der Waals surface area contributed by atoms with Gasteiger partial charge in [0.2, 0.25) is 0 Å². The van der Waals surface area contributed by atoms with Crippen molar-refractivity contribution in [2.45, 2.75) is 0 Å². The average molecular weight is 293 g/mol. The van der Waals surface area contributed by atoms with Gasteiger partial charge in [0.05, 0.1) is 0 Å². The molecule has 0 fully saturated rings. The van der Waals surface area contributed by atoms with Crippen molar-refractivity contribution in [3.05, 3.63) is 73.0 Å². The zero-order valence-corrected chi connectivity index (χ0v) is 11.9. The summed E-state index contributed by atoms with van der Waals surface area (Å²) in [4.78, 5) is 12.2. The highest BCUT2D eigenvalue weighted by Gasteiger charge is 2.12. The topological polar surface area (TPSA) is 51.5 Å². The highest BCUT2D eigenvalue weighted by molar-refractivity contribution is 6.04. The van der Waals surface area contributed by atoms with E-state index in [2.05, 4.69) is 11.9 Å². The molecule has 0 unspecified atom stereocenters. The predicted molar refractivity (Wildman–Crippen MR) is 86.3 cm³/mol. The summed E-state index contributed by atoms with van der Waals surface area (Å²) >= 11 is 0. The van der Waals surface area contributed by atoms with Crippen LogP contribution in [-0.4, -0.2) is 12.5 Å². The molecule has 0 bridgehead atoms. The molecule has 1 aromatic heterocycles. The Morgan fingerprint density at radius 3 is 2.68 bits per heavy atom. The van der Waals surface area contributed by atoms with Crippen LogP contribution in [0.3, 0.4) is 0 Å². The number of ether oxygens (including phenoxy) is 1. The van der Waals surface area contributed by atoms with Gasteiger partial charge in [-0.2, -0.15) is 0 Å². The molecule has 0 aliphatic rings. The van der Waals surface area contributed by atoms with Crippen molar-refractivity contribution in [3.63, 3.8) is 0 Å². The van der Waals surface area contributed by atoms with E-state index in [1.807, 2.05) is 24.3 Å². The highest BCUT2D eigenvalue weighted by atomic mass is 16.5. The van der Waals surface area contributed by atoms with Crippen LogP contribution in [0, 0.1) is 0 Å². The largest absolute Gasteiger partial charge is 0.490 e. The molecular formula is C18H15NO3. The number of rotatable bonds is 5. The van der Waals surface area contributed by atoms with Gasteiger partial charge in [-0.05, 0) is 36.4 Å². The summed E-state index contributed by atoms with van der Waals surface area (Å²) in [5, 5.41) is 3.70. The third-order valence-corrected chi connectivity index (χ3v) is 3.13. The molecule has 110 valence electrons. The van der Waals surface area contributed by atoms with Gasteiger partial charge in [0, 0.05) is 11.1 Å². The van der Waals surface area contributed by atoms with E-state index in [0.717, 1.165) is 11.1 Å². The highest BCUT2D eigenvalue weighted by Crippen LogP contribution is 2.21. The zero-order chi connectivity index (χ0) is 15.4. The molecule has 1 N–H and O–H groups in total. The zero-order valence-electron chi connectivity index (χ0n) is 11.9. The van der Waals surface area contributed by atoms with Gasteiger partial charge in [-0.15, -0.1) is 0 Å². The fourth-order valence-corrected chi connectivity index (χ4v) is 2.08. The van der Waals surface area contributed by atoms with E-state index in [4.69, 9.17) is 9.15 Å². The first-order valence-corrected chi connectivity index (χ1v) is 6.90. The number of carbonyl (C=O) groups is 1. The molecule has 3 rings (SSSR count). The van der Waals surface area contributed by atoms with E-state index in [-0.39, 0.29) is 11.7 Å². The maximum Gasteiger partial charge on any atom is 0.291 e. The van der Waals surface area contributed by atoms with Crippen LogP contribution in [0.1, 0.15) is 10.6 Å². The van der Waals surface area contributed by atoms with Crippen LogP contribution in [0.4, 0.5) is 5.69 Å². The summed E-state index contributed by atoms with van der Waals surface area (Å²) in [6.07, 6.45) is 1.68. The predicted octanol–water partition coefficient (Wildman–Crippen LogP) is 4.25. The van der Waals surface area contributed by atoms with Crippen LogP contribution in [0.2, 0.25) is 0 Å². The van der Waals surface area contributed by atoms with Gasteiger partial charge in [-0.1, -0.05) is 30.9 Å². The SMILES string of the molecule is C=CCOc1ccc(NC(=O)c2cc3ccccc3o2)cc1. The van der Waals surface area contributed by atoms with E-state index in [0.29, 0.717) is 17.9 Å². The summed E-state index contributed by atoms with van der Waals surface area (Å²) < 4.78 is 10.9. The van der Waals surface area contributed by atoms with Crippen LogP contribution in [0.25, 0.3) is 11.0 Å². The standard InChI is InChI=1S/C18H15NO3/c1-2-11-21-15-9-7-14(8-10-15)19-18(20)17-12-13-5-3-4-6-16(13)22-17/h2-10,12H,1,11H2,(H,19,20). The Morgan fingerprint density at radius 2 is 1.95 bits per heavy atom. The summed E-state index contributed by atoms with van der Waals surface area (Å²) in [6, 6.07) is 16.4. The molecule has 0 saturated heterocycles. The summed E-state index contributed by atoms with van der Waals surface area (Å²) in [5.41, 5.74) is 1.37. The number of hydrogen-bond donors (Lipinski definition) is 1. The number of benzene rings is 2. The third kappa shape index (κ3) is 3.01. The molecule has 3 aromatic rings. The Labute approximate surface area is 128 Å². The molecule has 4 nitrogen and oxygen atoms in total. The second-order valence-corrected chi connectivity index (χ2v) is 4.73. The number of furan rings is 1. The number of hydrogen-bond acceptors (Lipinski definition) is 3. The minimum Gasteiger partial charge on any atom is -0.490 e. The van der Waals surface area contributed by atoms with Crippen molar-refractivity contribution in [2.24, 2.45) is 0 Å². The molecule has 22 heavy (non-hydrogen) atoms. The maximum atomic E-state index is 12.2. The Kier molecular flexibility index (Phi) is 3.92. The lowest BCUT2D eigenvalue weighted by Gasteiger charge is -2.06. The second kappa shape index (κ2) is 6.18. The van der Waals surface area contributed by atoms with Crippen LogP contribution in [-0.2, 0) is 0 Å². The minimum atomic E-state index is -0.282. The number of anilines is 1. The summed E-state index contributed by atoms with van der Waals surface area (Å²) in [6.45, 7) is 4.04. The second-order valence-electron chi connectivity index (χ2n) is 4.73. The summed E-state index contributed by atoms with van der Waals surface area (Å²) in [7, 11) is 0. The number of carbonyl (C=O) groups excluding carboxylic acids is 1. The van der Waals surface area contributed by atoms with Gasteiger partial charge in [-0.3, -0.25) is 4.79 Å². The number of para-hydroxylation sites is 1. The first-order valence-electron chi connectivity index (χ1n) is 6.90. The molecule has 1 amide bonds. The van der Waals surface area contributed by atoms with Gasteiger partial charge in [0.1, 0.15) is 17.9 Å². The Balaban J connectivity index is 1.71. The monoisotopic (exact) mass is 293 g/mol. The first-order chi connectivity index (χ1) is 10.8. The van der Waals surface area contributed by atoms with Crippen LogP contribution >= 0.6 is 0 Å². The quantitative estimate of drug-likeness (QED) is 0.715. The van der Waals surface area contributed by atoms with Crippen molar-refractivity contribution in [1.82, 2.24) is 0 Å². The van der Waals surface area contributed by atoms with Crippen molar-refractivity contribution >= 4 is 22.6 Å². The fourth-order valence-electron chi connectivity index (χ4n) is 2.08. The third-order valence-electron chi connectivity index (χ3n) is 3.13. The van der Waals surface area contributed by atoms with Crippen molar-refractivity contribution in [3.8, 4) is 5.75 Å². The number of fused-ring (bicyclic) bond motifs is 1. The van der Waals surface area contributed by atoms with Crippen molar-refractivity contribution in [1.29, 1.82) is 0 Å². The van der Waals surface area contributed by atoms with E-state index in [9.17, 15) is 4.79 Å². The smallest absolute Gasteiger partial charge is 0.291 e. The van der Waals surface area contributed by atoms with Crippen LogP contribution in [0.15, 0.2) is 71.7 Å². The summed E-state index contributed by atoms with van der Waals surface area (Å²) in [5.74, 6) is 0.728.